The van der Waals surface area contributed by atoms with Gasteiger partial charge in [0.15, 0.2) is 5.69 Å². The Hall–Kier alpha value is -2.30. The predicted molar refractivity (Wildman–Crippen MR) is 106 cm³/mol. The second-order valence-electron chi connectivity index (χ2n) is 9.02. The van der Waals surface area contributed by atoms with Crippen LogP contribution in [0.4, 0.5) is 17.6 Å². The highest BCUT2D eigenvalue weighted by Crippen LogP contribution is 2.36. The lowest BCUT2D eigenvalue weighted by atomic mass is 10.0. The molecular formula is C21H27F4N5O2. The number of halogens is 4. The average Bonchev–Trinajstić information content (AvgIpc) is 3.53. The molecule has 1 aromatic heterocycles. The minimum atomic E-state index is -4.57. The fraction of sp³-hybridized carbons (Fsp3) is 0.714. The highest BCUT2D eigenvalue weighted by atomic mass is 19.4. The molecule has 0 radical (unpaired) electrons. The molecule has 1 aliphatic carbocycles. The van der Waals surface area contributed by atoms with E-state index >= 15 is 0 Å². The van der Waals surface area contributed by atoms with Crippen LogP contribution >= 0.6 is 0 Å². The topological polar surface area (TPSA) is 92.4 Å². The second kappa shape index (κ2) is 8.92. The fourth-order valence-corrected chi connectivity index (χ4v) is 4.35. The maximum absolute atomic E-state index is 13.6. The first kappa shape index (κ1) is 22.9. The number of likely N-dealkylation sites (tertiary alicyclic amines) is 1. The Balaban J connectivity index is 1.42. The largest absolute Gasteiger partial charge is 0.433 e. The number of nitrogens with zero attached hydrogens (tertiary/aromatic N) is 4. The molecule has 2 unspecified atom stereocenters. The molecule has 1 saturated heterocycles. The number of piperidine rings is 1. The Bertz CT molecular complexity index is 890. The van der Waals surface area contributed by atoms with Gasteiger partial charge in [0.2, 0.25) is 11.8 Å². The molecule has 4 rings (SSSR count). The number of hydrogen-bond donors (Lipinski definition) is 1. The van der Waals surface area contributed by atoms with Crippen LogP contribution < -0.4 is 5.73 Å². The van der Waals surface area contributed by atoms with E-state index in [9.17, 15) is 27.2 Å². The molecule has 0 spiro atoms. The summed E-state index contributed by atoms with van der Waals surface area (Å²) in [6.07, 6.45) is -3.08. The zero-order chi connectivity index (χ0) is 23.0. The SMILES string of the molecule is NC(CC(=O)N1CCc2c(nc(CC3CC3)nc2C(F)(F)F)C1)CN1CC(F)CCC1=O. The first-order chi connectivity index (χ1) is 15.1. The van der Waals surface area contributed by atoms with Gasteiger partial charge in [-0.25, -0.2) is 14.4 Å². The lowest BCUT2D eigenvalue weighted by Crippen LogP contribution is -2.48. The summed E-state index contributed by atoms with van der Waals surface area (Å²) in [5, 5.41) is 0. The second-order valence-corrected chi connectivity index (χ2v) is 9.02. The van der Waals surface area contributed by atoms with Crippen molar-refractivity contribution >= 4 is 11.8 Å². The number of carbonyl (C=O) groups excluding carboxylic acids is 2. The van der Waals surface area contributed by atoms with Gasteiger partial charge in [0, 0.05) is 44.0 Å². The number of alkyl halides is 4. The van der Waals surface area contributed by atoms with E-state index in [1.807, 2.05) is 0 Å². The third kappa shape index (κ3) is 5.36. The van der Waals surface area contributed by atoms with Gasteiger partial charge in [-0.15, -0.1) is 0 Å². The van der Waals surface area contributed by atoms with Gasteiger partial charge in [0.1, 0.15) is 12.0 Å². The van der Waals surface area contributed by atoms with Crippen LogP contribution in [0.5, 0.6) is 0 Å². The van der Waals surface area contributed by atoms with E-state index in [0.717, 1.165) is 12.8 Å². The first-order valence-corrected chi connectivity index (χ1v) is 11.0. The molecule has 3 aliphatic rings. The van der Waals surface area contributed by atoms with E-state index in [-0.39, 0.29) is 80.8 Å². The molecule has 2 atom stereocenters. The van der Waals surface area contributed by atoms with Crippen LogP contribution in [0.3, 0.4) is 0 Å². The van der Waals surface area contributed by atoms with Gasteiger partial charge in [-0.2, -0.15) is 13.2 Å². The fourth-order valence-electron chi connectivity index (χ4n) is 4.35. The lowest BCUT2D eigenvalue weighted by molar-refractivity contribution is -0.142. The van der Waals surface area contributed by atoms with Crippen LogP contribution in [-0.4, -0.2) is 63.4 Å². The molecule has 11 heteroatoms. The van der Waals surface area contributed by atoms with Crippen molar-refractivity contribution in [1.82, 2.24) is 19.8 Å². The number of fused-ring (bicyclic) bond motifs is 1. The van der Waals surface area contributed by atoms with Crippen molar-refractivity contribution in [3.05, 3.63) is 22.8 Å². The molecule has 0 bridgehead atoms. The summed E-state index contributed by atoms with van der Waals surface area (Å²) in [6, 6.07) is -0.681. The first-order valence-electron chi connectivity index (χ1n) is 11.0. The molecule has 32 heavy (non-hydrogen) atoms. The summed E-state index contributed by atoms with van der Waals surface area (Å²) in [6.45, 7) is 0.127. The number of amides is 2. The normalized spacial score (nSPS) is 22.7. The Morgan fingerprint density at radius 2 is 1.94 bits per heavy atom. The van der Waals surface area contributed by atoms with Crippen molar-refractivity contribution in [1.29, 1.82) is 0 Å². The van der Waals surface area contributed by atoms with Gasteiger partial charge in [-0.05, 0) is 31.6 Å². The van der Waals surface area contributed by atoms with E-state index < -0.39 is 24.1 Å². The molecule has 3 heterocycles. The number of nitrogens with two attached hydrogens (primary N) is 1. The van der Waals surface area contributed by atoms with Gasteiger partial charge in [-0.3, -0.25) is 9.59 Å². The van der Waals surface area contributed by atoms with E-state index in [1.165, 1.54) is 9.80 Å². The van der Waals surface area contributed by atoms with Gasteiger partial charge in [0.05, 0.1) is 18.8 Å². The van der Waals surface area contributed by atoms with Crippen molar-refractivity contribution in [2.24, 2.45) is 11.7 Å². The summed E-state index contributed by atoms with van der Waals surface area (Å²) in [5.74, 6) is -0.00238. The Morgan fingerprint density at radius 1 is 1.19 bits per heavy atom. The van der Waals surface area contributed by atoms with Crippen LogP contribution in [0, 0.1) is 5.92 Å². The maximum Gasteiger partial charge on any atom is 0.433 e. The van der Waals surface area contributed by atoms with E-state index in [1.54, 1.807) is 0 Å². The molecule has 2 N–H and O–H groups in total. The van der Waals surface area contributed by atoms with Crippen molar-refractivity contribution in [2.45, 2.75) is 69.9 Å². The molecule has 2 amide bonds. The van der Waals surface area contributed by atoms with Crippen LogP contribution in [0.2, 0.25) is 0 Å². The summed E-state index contributed by atoms with van der Waals surface area (Å²) < 4.78 is 54.3. The molecule has 2 aliphatic heterocycles. The molecular weight excluding hydrogens is 430 g/mol. The minimum Gasteiger partial charge on any atom is -0.338 e. The Morgan fingerprint density at radius 3 is 2.62 bits per heavy atom. The number of carbonyl (C=O) groups is 2. The van der Waals surface area contributed by atoms with Crippen LogP contribution in [0.1, 0.15) is 54.9 Å². The summed E-state index contributed by atoms with van der Waals surface area (Å²) in [7, 11) is 0. The number of hydrogen-bond acceptors (Lipinski definition) is 5. The standard InChI is InChI=1S/C21H27F4N5O2/c22-13-3-4-18(31)30(9-13)10-14(26)8-19(32)29-6-5-15-16(11-29)27-17(7-12-1-2-12)28-20(15)21(23,24)25/h12-14H,1-11,26H2. The molecule has 1 aromatic rings. The predicted octanol–water partition coefficient (Wildman–Crippen LogP) is 2.01. The average molecular weight is 457 g/mol. The van der Waals surface area contributed by atoms with Crippen LogP contribution in [0.25, 0.3) is 0 Å². The van der Waals surface area contributed by atoms with Crippen LogP contribution in [-0.2, 0) is 35.2 Å². The molecule has 7 nitrogen and oxygen atoms in total. The van der Waals surface area contributed by atoms with E-state index in [2.05, 4.69) is 9.97 Å². The molecule has 1 saturated carbocycles. The lowest BCUT2D eigenvalue weighted by Gasteiger charge is -2.33. The quantitative estimate of drug-likeness (QED) is 0.660. The highest BCUT2D eigenvalue weighted by molar-refractivity contribution is 5.78. The zero-order valence-corrected chi connectivity index (χ0v) is 17.7. The van der Waals surface area contributed by atoms with Crippen molar-refractivity contribution in [2.75, 3.05) is 19.6 Å². The maximum atomic E-state index is 13.6. The number of aromatic nitrogens is 2. The molecule has 2 fully saturated rings. The highest BCUT2D eigenvalue weighted by Gasteiger charge is 2.40. The van der Waals surface area contributed by atoms with E-state index in [4.69, 9.17) is 5.73 Å². The minimum absolute atomic E-state index is 0.0169. The third-order valence-corrected chi connectivity index (χ3v) is 6.24. The van der Waals surface area contributed by atoms with Crippen molar-refractivity contribution in [3.63, 3.8) is 0 Å². The van der Waals surface area contributed by atoms with Crippen molar-refractivity contribution in [3.8, 4) is 0 Å². The monoisotopic (exact) mass is 457 g/mol. The summed E-state index contributed by atoms with van der Waals surface area (Å²) in [4.78, 5) is 35.6. The van der Waals surface area contributed by atoms with Crippen molar-refractivity contribution < 1.29 is 27.2 Å². The molecule has 176 valence electrons. The van der Waals surface area contributed by atoms with Gasteiger partial charge in [-0.1, -0.05) is 0 Å². The Kier molecular flexibility index (Phi) is 6.37. The summed E-state index contributed by atoms with van der Waals surface area (Å²) >= 11 is 0. The smallest absolute Gasteiger partial charge is 0.338 e. The van der Waals surface area contributed by atoms with Gasteiger partial charge < -0.3 is 15.5 Å². The van der Waals surface area contributed by atoms with Gasteiger partial charge in [0.25, 0.3) is 0 Å². The Labute approximate surface area is 183 Å². The molecule has 0 aromatic carbocycles. The van der Waals surface area contributed by atoms with E-state index in [0.29, 0.717) is 12.3 Å². The van der Waals surface area contributed by atoms with Crippen LogP contribution in [0.15, 0.2) is 0 Å². The third-order valence-electron chi connectivity index (χ3n) is 6.24. The summed E-state index contributed by atoms with van der Waals surface area (Å²) in [5.41, 5.74) is 5.44. The van der Waals surface area contributed by atoms with Gasteiger partial charge >= 0.3 is 6.18 Å². The number of rotatable bonds is 6. The zero-order valence-electron chi connectivity index (χ0n) is 17.7.